The molecule has 0 saturated carbocycles. The summed E-state index contributed by atoms with van der Waals surface area (Å²) >= 11 is 0. The Bertz CT molecular complexity index is 1140. The van der Waals surface area contributed by atoms with Crippen molar-refractivity contribution >= 4 is 17.5 Å². The van der Waals surface area contributed by atoms with Gasteiger partial charge in [-0.25, -0.2) is 4.98 Å². The van der Waals surface area contributed by atoms with Gasteiger partial charge in [-0.15, -0.1) is 0 Å². The smallest absolute Gasteiger partial charge is 0.259 e. The van der Waals surface area contributed by atoms with Crippen molar-refractivity contribution in [3.63, 3.8) is 0 Å². The van der Waals surface area contributed by atoms with Crippen molar-refractivity contribution in [1.82, 2.24) is 25.2 Å². The van der Waals surface area contributed by atoms with Crippen LogP contribution in [0.15, 0.2) is 55.1 Å². The second kappa shape index (κ2) is 13.0. The summed E-state index contributed by atoms with van der Waals surface area (Å²) in [5.41, 5.74) is 2.98. The number of nitrogens with zero attached hydrogens (tertiary/aromatic N) is 4. The van der Waals surface area contributed by atoms with Gasteiger partial charge >= 0.3 is 0 Å². The number of fused-ring (bicyclic) bond motifs is 1. The molecular weight excluding hydrogens is 452 g/mol. The highest BCUT2D eigenvalue weighted by atomic mass is 16.2. The third kappa shape index (κ3) is 6.79. The van der Waals surface area contributed by atoms with E-state index in [4.69, 9.17) is 0 Å². The van der Waals surface area contributed by atoms with Gasteiger partial charge in [0, 0.05) is 62.2 Å². The van der Waals surface area contributed by atoms with E-state index in [1.54, 1.807) is 30.7 Å². The molecule has 0 aliphatic carbocycles. The van der Waals surface area contributed by atoms with Crippen LogP contribution < -0.4 is 15.5 Å². The maximum absolute atomic E-state index is 13.5. The van der Waals surface area contributed by atoms with E-state index in [1.165, 1.54) is 12.8 Å². The van der Waals surface area contributed by atoms with E-state index in [-0.39, 0.29) is 11.8 Å². The van der Waals surface area contributed by atoms with Gasteiger partial charge in [-0.2, -0.15) is 0 Å². The van der Waals surface area contributed by atoms with Gasteiger partial charge in [0.25, 0.3) is 11.8 Å². The summed E-state index contributed by atoms with van der Waals surface area (Å²) in [6, 6.07) is 9.25. The molecule has 1 aliphatic heterocycles. The van der Waals surface area contributed by atoms with Crippen LogP contribution in [-0.2, 0) is 13.1 Å². The van der Waals surface area contributed by atoms with Crippen LogP contribution in [-0.4, -0.2) is 46.0 Å². The Labute approximate surface area is 213 Å². The van der Waals surface area contributed by atoms with Gasteiger partial charge in [0.15, 0.2) is 0 Å². The third-order valence-corrected chi connectivity index (χ3v) is 6.62. The van der Waals surface area contributed by atoms with Crippen LogP contribution in [0.25, 0.3) is 0 Å². The van der Waals surface area contributed by atoms with Gasteiger partial charge in [-0.3, -0.25) is 14.6 Å². The summed E-state index contributed by atoms with van der Waals surface area (Å²) in [6.45, 7) is 5.52. The maximum Gasteiger partial charge on any atom is 0.259 e. The number of amides is 2. The third-order valence-electron chi connectivity index (χ3n) is 6.62. The van der Waals surface area contributed by atoms with Crippen molar-refractivity contribution in [2.24, 2.45) is 0 Å². The fourth-order valence-corrected chi connectivity index (χ4v) is 4.57. The van der Waals surface area contributed by atoms with Gasteiger partial charge in [-0.1, -0.05) is 19.3 Å². The zero-order chi connectivity index (χ0) is 25.2. The van der Waals surface area contributed by atoms with E-state index in [2.05, 4.69) is 25.2 Å². The lowest BCUT2D eigenvalue weighted by atomic mass is 10.0. The molecule has 0 fully saturated rings. The van der Waals surface area contributed by atoms with Gasteiger partial charge in [0.05, 0.1) is 5.56 Å². The monoisotopic (exact) mass is 488 g/mol. The highest BCUT2D eigenvalue weighted by molar-refractivity contribution is 6.06. The molecular formula is C28H36N6O2. The number of hydrogen-bond donors (Lipinski definition) is 2. The molecule has 4 rings (SSSR count). The van der Waals surface area contributed by atoms with E-state index in [9.17, 15) is 9.59 Å². The highest BCUT2D eigenvalue weighted by Crippen LogP contribution is 2.25. The molecule has 0 bridgehead atoms. The first-order chi connectivity index (χ1) is 17.6. The molecule has 2 amide bonds. The van der Waals surface area contributed by atoms with Gasteiger partial charge in [0.2, 0.25) is 0 Å². The molecule has 3 aromatic rings. The predicted octanol–water partition coefficient (Wildman–Crippen LogP) is 4.11. The molecule has 0 saturated heterocycles. The summed E-state index contributed by atoms with van der Waals surface area (Å²) in [6.07, 6.45) is 13.4. The minimum Gasteiger partial charge on any atom is -0.352 e. The number of rotatable bonds is 6. The molecule has 190 valence electrons. The van der Waals surface area contributed by atoms with Crippen molar-refractivity contribution in [3.8, 4) is 0 Å². The number of benzene rings is 1. The van der Waals surface area contributed by atoms with E-state index in [1.807, 2.05) is 36.2 Å². The Hall–Kier alpha value is -3.52. The summed E-state index contributed by atoms with van der Waals surface area (Å²) in [7, 11) is 0. The maximum atomic E-state index is 13.5. The summed E-state index contributed by atoms with van der Waals surface area (Å²) in [5.74, 6) is 0.809. The average molecular weight is 489 g/mol. The number of carbonyl (C=O) groups is 2. The topological polar surface area (TPSA) is 92.2 Å². The summed E-state index contributed by atoms with van der Waals surface area (Å²) < 4.78 is 2.08. The van der Waals surface area contributed by atoms with Crippen LogP contribution in [0.1, 0.15) is 70.6 Å². The quantitative estimate of drug-likeness (QED) is 0.510. The van der Waals surface area contributed by atoms with Crippen molar-refractivity contribution in [2.45, 2.75) is 58.5 Å². The number of carbonyl (C=O) groups excluding carboxylic acids is 2. The van der Waals surface area contributed by atoms with Crippen molar-refractivity contribution in [3.05, 3.63) is 77.6 Å². The number of nitrogens with one attached hydrogen (secondary N) is 2. The van der Waals surface area contributed by atoms with Crippen LogP contribution in [0.5, 0.6) is 0 Å². The Morgan fingerprint density at radius 1 is 1.06 bits per heavy atom. The van der Waals surface area contributed by atoms with Gasteiger partial charge in [-0.05, 0) is 68.6 Å². The molecule has 0 radical (unpaired) electrons. The number of aromatic nitrogens is 3. The summed E-state index contributed by atoms with van der Waals surface area (Å²) in [4.78, 5) is 36.6. The minimum atomic E-state index is -0.101. The van der Waals surface area contributed by atoms with E-state index >= 15 is 0 Å². The van der Waals surface area contributed by atoms with Crippen LogP contribution >= 0.6 is 0 Å². The zero-order valence-corrected chi connectivity index (χ0v) is 21.1. The molecule has 3 heterocycles. The standard InChI is InChI=1S/C28H36N6O2/c1-22-31-15-18-33(22)16-8-14-32-27(35)23-10-11-26-25(19-23)21-29-12-5-3-2-4-6-17-34(26)28(36)24-9-7-13-30-20-24/h7,9-11,13,15,18-20,29H,2-6,8,12,14,16-17,21H2,1H3,(H,32,35). The number of hydrogen-bond acceptors (Lipinski definition) is 5. The number of anilines is 1. The Morgan fingerprint density at radius 2 is 1.92 bits per heavy atom. The fraction of sp³-hybridized carbons (Fsp3) is 0.429. The first-order valence-electron chi connectivity index (χ1n) is 12.9. The highest BCUT2D eigenvalue weighted by Gasteiger charge is 2.22. The van der Waals surface area contributed by atoms with Gasteiger partial charge in [0.1, 0.15) is 5.82 Å². The lowest BCUT2D eigenvalue weighted by Crippen LogP contribution is -2.34. The molecule has 0 spiro atoms. The fourth-order valence-electron chi connectivity index (χ4n) is 4.57. The number of aryl methyl sites for hydroxylation is 2. The largest absolute Gasteiger partial charge is 0.352 e. The molecule has 2 N–H and O–H groups in total. The molecule has 2 aromatic heterocycles. The van der Waals surface area contributed by atoms with Crippen molar-refractivity contribution < 1.29 is 9.59 Å². The first-order valence-corrected chi connectivity index (χ1v) is 12.9. The second-order valence-electron chi connectivity index (χ2n) is 9.26. The van der Waals surface area contributed by atoms with Crippen LogP contribution in [0, 0.1) is 6.92 Å². The van der Waals surface area contributed by atoms with E-state index in [0.29, 0.717) is 30.8 Å². The molecule has 36 heavy (non-hydrogen) atoms. The SMILES string of the molecule is Cc1nccn1CCCNC(=O)c1ccc2c(c1)CNCCCCCCCN2C(=O)c1cccnc1. The van der Waals surface area contributed by atoms with Crippen molar-refractivity contribution in [1.29, 1.82) is 0 Å². The van der Waals surface area contributed by atoms with E-state index in [0.717, 1.165) is 55.8 Å². The number of pyridine rings is 1. The molecule has 8 heteroatoms. The Balaban J connectivity index is 1.51. The molecule has 1 aromatic carbocycles. The Kier molecular flexibility index (Phi) is 9.21. The number of imidazole rings is 1. The lowest BCUT2D eigenvalue weighted by molar-refractivity contribution is 0.0951. The zero-order valence-electron chi connectivity index (χ0n) is 21.1. The van der Waals surface area contributed by atoms with Crippen molar-refractivity contribution in [2.75, 3.05) is 24.5 Å². The van der Waals surface area contributed by atoms with Crippen LogP contribution in [0.4, 0.5) is 5.69 Å². The minimum absolute atomic E-state index is 0.0617. The lowest BCUT2D eigenvalue weighted by Gasteiger charge is -2.26. The molecule has 0 unspecified atom stereocenters. The Morgan fingerprint density at radius 3 is 2.72 bits per heavy atom. The molecule has 8 nitrogen and oxygen atoms in total. The normalized spacial score (nSPS) is 14.9. The molecule has 1 aliphatic rings. The molecule has 0 atom stereocenters. The second-order valence-corrected chi connectivity index (χ2v) is 9.26. The van der Waals surface area contributed by atoms with Crippen LogP contribution in [0.3, 0.4) is 0 Å². The van der Waals surface area contributed by atoms with Gasteiger partial charge < -0.3 is 20.1 Å². The predicted molar refractivity (Wildman–Crippen MR) is 141 cm³/mol. The summed E-state index contributed by atoms with van der Waals surface area (Å²) in [5, 5.41) is 6.54. The average Bonchev–Trinajstić information content (AvgIpc) is 3.31. The van der Waals surface area contributed by atoms with E-state index < -0.39 is 0 Å². The van der Waals surface area contributed by atoms with Crippen LogP contribution in [0.2, 0.25) is 0 Å². The first kappa shape index (κ1) is 25.6.